The van der Waals surface area contributed by atoms with Crippen LogP contribution in [0.2, 0.25) is 5.02 Å². The molecule has 7 heteroatoms. The molecule has 2 aliphatic heterocycles. The number of hydrogen-bond donors (Lipinski definition) is 2. The van der Waals surface area contributed by atoms with E-state index in [1.807, 2.05) is 18.2 Å². The molecule has 2 N–H and O–H groups in total. The molecule has 3 aromatic rings. The third-order valence-corrected chi connectivity index (χ3v) is 5.85. The summed E-state index contributed by atoms with van der Waals surface area (Å²) < 4.78 is 0. The number of fused-ring (bicyclic) bond motifs is 2. The van der Waals surface area contributed by atoms with Crippen LogP contribution in [0.1, 0.15) is 15.9 Å². The summed E-state index contributed by atoms with van der Waals surface area (Å²) in [4.78, 5) is 25.1. The summed E-state index contributed by atoms with van der Waals surface area (Å²) in [5.41, 5.74) is 5.33. The van der Waals surface area contributed by atoms with Gasteiger partial charge in [-0.3, -0.25) is 4.79 Å². The summed E-state index contributed by atoms with van der Waals surface area (Å²) in [7, 11) is 2.16. The molecule has 1 saturated heterocycles. The van der Waals surface area contributed by atoms with E-state index < -0.39 is 0 Å². The minimum absolute atomic E-state index is 0.0962. The lowest BCUT2D eigenvalue weighted by atomic mass is 10.0. The Morgan fingerprint density at radius 3 is 2.74 bits per heavy atom. The molecule has 1 amide bonds. The van der Waals surface area contributed by atoms with Gasteiger partial charge < -0.3 is 20.1 Å². The lowest BCUT2D eigenvalue weighted by Crippen LogP contribution is -2.44. The smallest absolute Gasteiger partial charge is 0.252 e. The van der Waals surface area contributed by atoms with Crippen LogP contribution in [0.3, 0.4) is 0 Å². The van der Waals surface area contributed by atoms with Crippen molar-refractivity contribution >= 4 is 34.2 Å². The molecule has 0 unspecified atom stereocenters. The molecule has 2 aliphatic rings. The van der Waals surface area contributed by atoms with Crippen LogP contribution in [0.25, 0.3) is 22.4 Å². The zero-order valence-electron chi connectivity index (χ0n) is 15.1. The van der Waals surface area contributed by atoms with Gasteiger partial charge in [0.1, 0.15) is 5.82 Å². The number of benzene rings is 2. The number of amides is 1. The van der Waals surface area contributed by atoms with Gasteiger partial charge in [0.2, 0.25) is 0 Å². The van der Waals surface area contributed by atoms with Crippen molar-refractivity contribution in [3.63, 3.8) is 0 Å². The Bertz CT molecular complexity index is 1050. The lowest BCUT2D eigenvalue weighted by molar-refractivity contribution is 0.0966. The zero-order chi connectivity index (χ0) is 18.5. The highest BCUT2D eigenvalue weighted by Crippen LogP contribution is 2.33. The number of hydrogen-bond acceptors (Lipinski definition) is 4. The molecule has 138 valence electrons. The number of nitrogens with zero attached hydrogens (tertiary/aromatic N) is 3. The molecule has 0 radical (unpaired) electrons. The number of carbonyl (C=O) groups excluding carboxylic acids is 1. The molecule has 27 heavy (non-hydrogen) atoms. The van der Waals surface area contributed by atoms with Crippen LogP contribution >= 0.6 is 11.6 Å². The first-order valence-electron chi connectivity index (χ1n) is 9.13. The highest BCUT2D eigenvalue weighted by Gasteiger charge is 2.26. The van der Waals surface area contributed by atoms with Crippen LogP contribution in [-0.4, -0.2) is 54.0 Å². The minimum Gasteiger partial charge on any atom is -0.369 e. The Balaban J connectivity index is 1.55. The maximum Gasteiger partial charge on any atom is 0.252 e. The number of nitrogens with one attached hydrogen (secondary N) is 2. The summed E-state index contributed by atoms with van der Waals surface area (Å²) in [6.45, 7) is 4.65. The first-order chi connectivity index (χ1) is 13.1. The largest absolute Gasteiger partial charge is 0.369 e. The zero-order valence-corrected chi connectivity index (χ0v) is 15.8. The normalized spacial score (nSPS) is 17.4. The van der Waals surface area contributed by atoms with Gasteiger partial charge in [0, 0.05) is 54.6 Å². The number of aromatic nitrogens is 2. The van der Waals surface area contributed by atoms with E-state index in [2.05, 4.69) is 39.3 Å². The van der Waals surface area contributed by atoms with Gasteiger partial charge in [-0.05, 0) is 37.4 Å². The van der Waals surface area contributed by atoms with E-state index in [1.54, 1.807) is 0 Å². The molecule has 1 fully saturated rings. The number of piperazine rings is 1. The SMILES string of the molecule is CN1CCN(c2ccc3nc(-c4ccc(Cl)c5c4C(=O)NC5)[nH]c3c2)CC1. The molecule has 2 aromatic carbocycles. The van der Waals surface area contributed by atoms with E-state index in [1.165, 1.54) is 5.69 Å². The van der Waals surface area contributed by atoms with E-state index in [0.29, 0.717) is 23.0 Å². The van der Waals surface area contributed by atoms with E-state index in [4.69, 9.17) is 16.6 Å². The maximum absolute atomic E-state index is 12.3. The number of H-pyrrole nitrogens is 1. The van der Waals surface area contributed by atoms with E-state index >= 15 is 0 Å². The number of anilines is 1. The van der Waals surface area contributed by atoms with Crippen LogP contribution in [-0.2, 0) is 6.54 Å². The second-order valence-corrected chi connectivity index (χ2v) is 7.62. The Morgan fingerprint density at radius 1 is 1.11 bits per heavy atom. The van der Waals surface area contributed by atoms with E-state index in [-0.39, 0.29) is 5.91 Å². The van der Waals surface area contributed by atoms with Crippen molar-refractivity contribution < 1.29 is 4.79 Å². The van der Waals surface area contributed by atoms with Crippen molar-refractivity contribution in [1.29, 1.82) is 0 Å². The fourth-order valence-electron chi connectivity index (χ4n) is 3.90. The van der Waals surface area contributed by atoms with E-state index in [0.717, 1.165) is 48.3 Å². The molecule has 0 aliphatic carbocycles. The Hall–Kier alpha value is -2.57. The minimum atomic E-state index is -0.0962. The molecule has 5 rings (SSSR count). The molecular formula is C20H20ClN5O. The van der Waals surface area contributed by atoms with Gasteiger partial charge in [0.25, 0.3) is 5.91 Å². The van der Waals surface area contributed by atoms with Crippen molar-refractivity contribution in [2.75, 3.05) is 38.1 Å². The monoisotopic (exact) mass is 381 g/mol. The van der Waals surface area contributed by atoms with Crippen molar-refractivity contribution in [3.8, 4) is 11.4 Å². The lowest BCUT2D eigenvalue weighted by Gasteiger charge is -2.34. The second kappa shape index (κ2) is 6.25. The number of carbonyl (C=O) groups is 1. The fraction of sp³-hybridized carbons (Fsp3) is 0.300. The third-order valence-electron chi connectivity index (χ3n) is 5.50. The predicted molar refractivity (Wildman–Crippen MR) is 107 cm³/mol. The fourth-order valence-corrected chi connectivity index (χ4v) is 4.12. The summed E-state index contributed by atoms with van der Waals surface area (Å²) in [5.74, 6) is 0.603. The number of halogens is 1. The molecule has 1 aromatic heterocycles. The Morgan fingerprint density at radius 2 is 1.93 bits per heavy atom. The highest BCUT2D eigenvalue weighted by atomic mass is 35.5. The van der Waals surface area contributed by atoms with Gasteiger partial charge in [-0.15, -0.1) is 0 Å². The number of rotatable bonds is 2. The molecular weight excluding hydrogens is 362 g/mol. The summed E-state index contributed by atoms with van der Waals surface area (Å²) in [6.07, 6.45) is 0. The molecule has 3 heterocycles. The molecule has 6 nitrogen and oxygen atoms in total. The van der Waals surface area contributed by atoms with Crippen LogP contribution in [0.5, 0.6) is 0 Å². The number of imidazole rings is 1. The van der Waals surface area contributed by atoms with Crippen LogP contribution in [0, 0.1) is 0 Å². The van der Waals surface area contributed by atoms with Crippen molar-refractivity contribution in [2.24, 2.45) is 0 Å². The standard InChI is InChI=1S/C20H20ClN5O/c1-25-6-8-26(9-7-25)12-2-5-16-17(10-12)24-19(23-16)13-3-4-15(21)14-11-22-20(27)18(13)14/h2-5,10H,6-9,11H2,1H3,(H,22,27)(H,23,24). The van der Waals surface area contributed by atoms with Gasteiger partial charge in [-0.1, -0.05) is 11.6 Å². The summed E-state index contributed by atoms with van der Waals surface area (Å²) in [5, 5.41) is 3.46. The highest BCUT2D eigenvalue weighted by molar-refractivity contribution is 6.32. The quantitative estimate of drug-likeness (QED) is 0.716. The maximum atomic E-state index is 12.3. The Kier molecular flexibility index (Phi) is 3.84. The topological polar surface area (TPSA) is 64.3 Å². The number of likely N-dealkylation sites (N-methyl/N-ethyl adjacent to an activating group) is 1. The number of aromatic amines is 1. The van der Waals surface area contributed by atoms with Gasteiger partial charge in [0.05, 0.1) is 16.6 Å². The van der Waals surface area contributed by atoms with Crippen LogP contribution in [0.15, 0.2) is 30.3 Å². The van der Waals surface area contributed by atoms with Gasteiger partial charge in [0.15, 0.2) is 0 Å². The second-order valence-electron chi connectivity index (χ2n) is 7.21. The molecule has 0 spiro atoms. The predicted octanol–water partition coefficient (Wildman–Crippen LogP) is 2.88. The first kappa shape index (κ1) is 16.6. The van der Waals surface area contributed by atoms with Gasteiger partial charge in [-0.25, -0.2) is 4.98 Å². The molecule has 0 atom stereocenters. The van der Waals surface area contributed by atoms with Crippen molar-refractivity contribution in [1.82, 2.24) is 20.2 Å². The van der Waals surface area contributed by atoms with E-state index in [9.17, 15) is 4.79 Å². The molecule has 0 bridgehead atoms. The summed E-state index contributed by atoms with van der Waals surface area (Å²) >= 11 is 6.26. The Labute approximate surface area is 162 Å². The van der Waals surface area contributed by atoms with Crippen LogP contribution < -0.4 is 10.2 Å². The molecule has 0 saturated carbocycles. The van der Waals surface area contributed by atoms with Crippen molar-refractivity contribution in [3.05, 3.63) is 46.5 Å². The average Bonchev–Trinajstić information content (AvgIpc) is 3.27. The first-order valence-corrected chi connectivity index (χ1v) is 9.51. The summed E-state index contributed by atoms with van der Waals surface area (Å²) in [6, 6.07) is 10.0. The van der Waals surface area contributed by atoms with Gasteiger partial charge >= 0.3 is 0 Å². The average molecular weight is 382 g/mol. The third kappa shape index (κ3) is 2.76. The van der Waals surface area contributed by atoms with Crippen molar-refractivity contribution in [2.45, 2.75) is 6.54 Å². The van der Waals surface area contributed by atoms with Crippen LogP contribution in [0.4, 0.5) is 5.69 Å². The van der Waals surface area contributed by atoms with Gasteiger partial charge in [-0.2, -0.15) is 0 Å².